The molecule has 0 amide bonds. The number of hydrogen-bond acceptors (Lipinski definition) is 3. The van der Waals surface area contributed by atoms with Gasteiger partial charge in [0.25, 0.3) is 0 Å². The molecule has 0 fully saturated rings. The summed E-state index contributed by atoms with van der Waals surface area (Å²) in [6.07, 6.45) is 0. The van der Waals surface area contributed by atoms with Crippen molar-refractivity contribution in [1.82, 2.24) is 9.78 Å². The van der Waals surface area contributed by atoms with E-state index in [1.807, 2.05) is 13.8 Å². The summed E-state index contributed by atoms with van der Waals surface area (Å²) in [5.74, 6) is 0.0278. The molecule has 0 aromatic carbocycles. The van der Waals surface area contributed by atoms with Crippen LogP contribution in [0.3, 0.4) is 0 Å². The quantitative estimate of drug-likeness (QED) is 0.799. The van der Waals surface area contributed by atoms with Crippen molar-refractivity contribution < 1.29 is 4.79 Å². The lowest BCUT2D eigenvalue weighted by Gasteiger charge is -2.01. The van der Waals surface area contributed by atoms with Crippen LogP contribution in [0.5, 0.6) is 0 Å². The third-order valence-electron chi connectivity index (χ3n) is 2.43. The first-order chi connectivity index (χ1) is 7.99. The van der Waals surface area contributed by atoms with Crippen LogP contribution < -0.4 is 0 Å². The molecular weight excluding hydrogens is 324 g/mol. The Bertz CT molecular complexity index is 576. The minimum absolute atomic E-state index is 0.0278. The van der Waals surface area contributed by atoms with Crippen molar-refractivity contribution in [2.24, 2.45) is 0 Å². The molecule has 0 unspecified atom stereocenters. The maximum absolute atomic E-state index is 12.0. The van der Waals surface area contributed by atoms with Gasteiger partial charge in [-0.2, -0.15) is 5.10 Å². The van der Waals surface area contributed by atoms with Crippen LogP contribution in [-0.2, 0) is 6.54 Å². The van der Waals surface area contributed by atoms with Crippen LogP contribution in [0.1, 0.15) is 21.1 Å². The summed E-state index contributed by atoms with van der Waals surface area (Å²) in [5.41, 5.74) is 1.85. The lowest BCUT2D eigenvalue weighted by Crippen LogP contribution is -2.11. The first-order valence-corrected chi connectivity index (χ1v) is 6.96. The third-order valence-corrected chi connectivity index (χ3v) is 4.85. The molecule has 0 atom stereocenters. The van der Waals surface area contributed by atoms with Crippen LogP contribution in [0.4, 0.5) is 0 Å². The Morgan fingerprint density at radius 1 is 1.53 bits per heavy atom. The summed E-state index contributed by atoms with van der Waals surface area (Å²) in [4.78, 5) is 12.6. The highest BCUT2D eigenvalue weighted by Gasteiger charge is 2.14. The van der Waals surface area contributed by atoms with E-state index in [4.69, 9.17) is 11.6 Å². The highest BCUT2D eigenvalue weighted by atomic mass is 79.9. The molecule has 0 aliphatic carbocycles. The fraction of sp³-hybridized carbons (Fsp3) is 0.273. The smallest absolute Gasteiger partial charge is 0.194 e. The van der Waals surface area contributed by atoms with E-state index in [9.17, 15) is 4.79 Å². The fourth-order valence-corrected chi connectivity index (χ4v) is 2.76. The molecule has 0 saturated heterocycles. The van der Waals surface area contributed by atoms with Gasteiger partial charge in [-0.3, -0.25) is 9.48 Å². The normalized spacial score (nSPS) is 10.8. The van der Waals surface area contributed by atoms with Gasteiger partial charge in [-0.1, -0.05) is 11.6 Å². The van der Waals surface area contributed by atoms with Gasteiger partial charge in [0.05, 0.1) is 25.1 Å². The number of halogens is 2. The standard InChI is InChI=1S/C11H10BrClN2OS/c1-6-11(12)7(2)15(14-6)5-8(16)9-3-4-10(13)17-9/h3-4H,5H2,1-2H3. The molecule has 0 aliphatic heterocycles. The van der Waals surface area contributed by atoms with E-state index in [1.165, 1.54) is 11.3 Å². The second-order valence-corrected chi connectivity index (χ2v) is 6.18. The number of thiophene rings is 1. The summed E-state index contributed by atoms with van der Waals surface area (Å²) in [6, 6.07) is 3.48. The van der Waals surface area contributed by atoms with E-state index >= 15 is 0 Å². The number of Topliss-reactive ketones (excluding diaryl/α,β-unsaturated/α-hetero) is 1. The highest BCUT2D eigenvalue weighted by molar-refractivity contribution is 9.10. The number of ketones is 1. The Morgan fingerprint density at radius 2 is 2.24 bits per heavy atom. The molecule has 0 spiro atoms. The van der Waals surface area contributed by atoms with E-state index in [0.29, 0.717) is 9.21 Å². The van der Waals surface area contributed by atoms with Crippen LogP contribution in [0.15, 0.2) is 16.6 Å². The molecule has 3 nitrogen and oxygen atoms in total. The van der Waals surface area contributed by atoms with E-state index in [2.05, 4.69) is 21.0 Å². The van der Waals surface area contributed by atoms with Gasteiger partial charge in [-0.25, -0.2) is 0 Å². The molecule has 0 bridgehead atoms. The fourth-order valence-electron chi connectivity index (χ4n) is 1.51. The van der Waals surface area contributed by atoms with Gasteiger partial charge in [0, 0.05) is 0 Å². The van der Waals surface area contributed by atoms with Gasteiger partial charge in [0.15, 0.2) is 5.78 Å². The van der Waals surface area contributed by atoms with Crippen molar-refractivity contribution in [1.29, 1.82) is 0 Å². The molecule has 0 radical (unpaired) electrons. The maximum atomic E-state index is 12.0. The van der Waals surface area contributed by atoms with Crippen LogP contribution >= 0.6 is 38.9 Å². The maximum Gasteiger partial charge on any atom is 0.194 e. The number of carbonyl (C=O) groups excluding carboxylic acids is 1. The van der Waals surface area contributed by atoms with Crippen molar-refractivity contribution in [3.05, 3.63) is 37.2 Å². The van der Waals surface area contributed by atoms with E-state index in [0.717, 1.165) is 15.9 Å². The predicted molar refractivity (Wildman–Crippen MR) is 73.1 cm³/mol. The van der Waals surface area contributed by atoms with Gasteiger partial charge in [-0.05, 0) is 41.9 Å². The van der Waals surface area contributed by atoms with Gasteiger partial charge >= 0.3 is 0 Å². The minimum atomic E-state index is 0.0278. The second kappa shape index (κ2) is 4.92. The summed E-state index contributed by atoms with van der Waals surface area (Å²) in [7, 11) is 0. The lowest BCUT2D eigenvalue weighted by atomic mass is 10.3. The summed E-state index contributed by atoms with van der Waals surface area (Å²) >= 11 is 10.5. The lowest BCUT2D eigenvalue weighted by molar-refractivity contribution is 0.0970. The molecule has 6 heteroatoms. The average molecular weight is 334 g/mol. The van der Waals surface area contributed by atoms with Gasteiger partial charge in [0.1, 0.15) is 6.54 Å². The van der Waals surface area contributed by atoms with Gasteiger partial charge < -0.3 is 0 Å². The van der Waals surface area contributed by atoms with Crippen LogP contribution in [0, 0.1) is 13.8 Å². The summed E-state index contributed by atoms with van der Waals surface area (Å²) < 4.78 is 3.28. The number of nitrogens with zero attached hydrogens (tertiary/aromatic N) is 2. The van der Waals surface area contributed by atoms with Crippen molar-refractivity contribution in [3.8, 4) is 0 Å². The number of carbonyl (C=O) groups is 1. The van der Waals surface area contributed by atoms with Gasteiger partial charge in [-0.15, -0.1) is 11.3 Å². The SMILES string of the molecule is Cc1nn(CC(=O)c2ccc(Cl)s2)c(C)c1Br. The second-order valence-electron chi connectivity index (χ2n) is 3.67. The van der Waals surface area contributed by atoms with Crippen LogP contribution in [0.25, 0.3) is 0 Å². The molecule has 2 rings (SSSR count). The van der Waals surface area contributed by atoms with E-state index in [-0.39, 0.29) is 12.3 Å². The molecule has 0 aliphatic rings. The Morgan fingerprint density at radius 3 is 2.71 bits per heavy atom. The number of hydrogen-bond donors (Lipinski definition) is 0. The zero-order chi connectivity index (χ0) is 12.6. The molecule has 2 aromatic heterocycles. The molecule has 90 valence electrons. The number of aromatic nitrogens is 2. The van der Waals surface area contributed by atoms with Crippen molar-refractivity contribution >= 4 is 44.7 Å². The molecular formula is C11H10BrClN2OS. The van der Waals surface area contributed by atoms with Crippen LogP contribution in [-0.4, -0.2) is 15.6 Å². The predicted octanol–water partition coefficient (Wildman–Crippen LogP) is 3.86. The Kier molecular flexibility index (Phi) is 3.70. The Labute approximate surface area is 117 Å². The monoisotopic (exact) mass is 332 g/mol. The topological polar surface area (TPSA) is 34.9 Å². The largest absolute Gasteiger partial charge is 0.291 e. The first-order valence-electron chi connectivity index (χ1n) is 4.97. The summed E-state index contributed by atoms with van der Waals surface area (Å²) in [6.45, 7) is 4.08. The van der Waals surface area contributed by atoms with E-state index < -0.39 is 0 Å². The van der Waals surface area contributed by atoms with Crippen LogP contribution in [0.2, 0.25) is 4.34 Å². The minimum Gasteiger partial charge on any atom is -0.291 e. The zero-order valence-corrected chi connectivity index (χ0v) is 12.5. The van der Waals surface area contributed by atoms with E-state index in [1.54, 1.807) is 16.8 Å². The van der Waals surface area contributed by atoms with Crippen molar-refractivity contribution in [2.45, 2.75) is 20.4 Å². The molecule has 0 saturated carbocycles. The van der Waals surface area contributed by atoms with Gasteiger partial charge in [0.2, 0.25) is 0 Å². The van der Waals surface area contributed by atoms with Crippen molar-refractivity contribution in [2.75, 3.05) is 0 Å². The third kappa shape index (κ3) is 2.61. The number of rotatable bonds is 3. The Hall–Kier alpha value is -0.650. The van der Waals surface area contributed by atoms with Crippen molar-refractivity contribution in [3.63, 3.8) is 0 Å². The molecule has 2 heterocycles. The first kappa shape index (κ1) is 12.8. The Balaban J connectivity index is 2.21. The zero-order valence-electron chi connectivity index (χ0n) is 9.33. The highest BCUT2D eigenvalue weighted by Crippen LogP contribution is 2.23. The molecule has 2 aromatic rings. The summed E-state index contributed by atoms with van der Waals surface area (Å²) in [5, 5.41) is 4.30. The molecule has 0 N–H and O–H groups in total. The average Bonchev–Trinajstić information content (AvgIpc) is 2.80. The molecule has 17 heavy (non-hydrogen) atoms. The number of aryl methyl sites for hydroxylation is 1.